The Morgan fingerprint density at radius 3 is 2.17 bits per heavy atom. The zero-order valence-corrected chi connectivity index (χ0v) is 29.9. The van der Waals surface area contributed by atoms with Crippen molar-refractivity contribution in [3.8, 4) is 12.3 Å². The van der Waals surface area contributed by atoms with E-state index in [4.69, 9.17) is 41.6 Å². The van der Waals surface area contributed by atoms with Gasteiger partial charge in [0, 0.05) is 40.6 Å². The van der Waals surface area contributed by atoms with Crippen molar-refractivity contribution in [2.24, 2.45) is 5.92 Å². The van der Waals surface area contributed by atoms with E-state index in [2.05, 4.69) is 16.6 Å². The van der Waals surface area contributed by atoms with Crippen LogP contribution in [0.4, 0.5) is 15.5 Å². The molecular formula is C35H50N6O6S. The maximum absolute atomic E-state index is 13.0. The normalized spacial score (nSPS) is 11.7. The van der Waals surface area contributed by atoms with Crippen LogP contribution in [0.15, 0.2) is 24.3 Å². The molecule has 48 heavy (non-hydrogen) atoms. The molecule has 13 heteroatoms. The average molecular weight is 683 g/mol. The van der Waals surface area contributed by atoms with Crippen molar-refractivity contribution in [1.29, 1.82) is 16.2 Å². The van der Waals surface area contributed by atoms with E-state index in [-0.39, 0.29) is 36.3 Å². The van der Waals surface area contributed by atoms with Crippen LogP contribution >= 0.6 is 11.3 Å². The third-order valence-electron chi connectivity index (χ3n) is 7.02. The van der Waals surface area contributed by atoms with Gasteiger partial charge in [0.05, 0.1) is 38.7 Å². The van der Waals surface area contributed by atoms with Crippen molar-refractivity contribution in [1.82, 2.24) is 5.32 Å². The van der Waals surface area contributed by atoms with Crippen LogP contribution in [0.25, 0.3) is 0 Å². The Morgan fingerprint density at radius 1 is 1.00 bits per heavy atom. The Balaban J connectivity index is 2.06. The first-order valence-electron chi connectivity index (χ1n) is 15.9. The molecule has 1 atom stereocenters. The molecule has 1 aromatic carbocycles. The Kier molecular flexibility index (Phi) is 16.4. The molecule has 0 bridgehead atoms. The number of amidine groups is 2. The average Bonchev–Trinajstić information content (AvgIpc) is 3.29. The van der Waals surface area contributed by atoms with E-state index in [0.29, 0.717) is 67.8 Å². The minimum Gasteiger partial charge on any atom is -0.444 e. The number of aryl methyl sites for hydroxylation is 1. The molecule has 2 aromatic rings. The van der Waals surface area contributed by atoms with E-state index in [1.165, 1.54) is 16.2 Å². The van der Waals surface area contributed by atoms with Gasteiger partial charge in [-0.25, -0.2) is 4.79 Å². The van der Waals surface area contributed by atoms with Crippen molar-refractivity contribution in [2.45, 2.75) is 66.9 Å². The molecule has 0 saturated heterocycles. The van der Waals surface area contributed by atoms with Gasteiger partial charge >= 0.3 is 6.09 Å². The van der Waals surface area contributed by atoms with Gasteiger partial charge in [0.2, 0.25) is 5.91 Å². The Labute approximate surface area is 288 Å². The van der Waals surface area contributed by atoms with Crippen molar-refractivity contribution >= 4 is 51.4 Å². The molecule has 0 aliphatic carbocycles. The first kappa shape index (κ1) is 40.1. The zero-order chi connectivity index (χ0) is 35.9. The summed E-state index contributed by atoms with van der Waals surface area (Å²) in [7, 11) is 0. The molecule has 12 nitrogen and oxygen atoms in total. The molecule has 1 aromatic heterocycles. The van der Waals surface area contributed by atoms with Crippen LogP contribution < -0.4 is 15.5 Å². The van der Waals surface area contributed by atoms with E-state index in [0.717, 1.165) is 10.4 Å². The summed E-state index contributed by atoms with van der Waals surface area (Å²) in [6.07, 6.45) is 5.17. The number of hydrogen-bond acceptors (Lipinski definition) is 10. The van der Waals surface area contributed by atoms with E-state index < -0.39 is 17.6 Å². The van der Waals surface area contributed by atoms with Crippen molar-refractivity contribution < 1.29 is 28.5 Å². The molecule has 5 N–H and O–H groups in total. The number of terminal acetylenes is 1. The van der Waals surface area contributed by atoms with E-state index in [1.807, 2.05) is 20.8 Å². The second-order valence-electron chi connectivity index (χ2n) is 12.0. The van der Waals surface area contributed by atoms with Gasteiger partial charge in [0.1, 0.15) is 28.9 Å². The maximum atomic E-state index is 13.0. The molecule has 0 radical (unpaired) electrons. The lowest BCUT2D eigenvalue weighted by molar-refractivity contribution is -0.125. The fraction of sp³-hybridized carbons (Fsp3) is 0.514. The summed E-state index contributed by atoms with van der Waals surface area (Å²) in [4.78, 5) is 27.7. The molecule has 0 saturated carbocycles. The lowest BCUT2D eigenvalue weighted by atomic mass is 9.98. The Bertz CT molecular complexity index is 1460. The largest absolute Gasteiger partial charge is 0.444 e. The van der Waals surface area contributed by atoms with E-state index in [9.17, 15) is 9.59 Å². The van der Waals surface area contributed by atoms with Gasteiger partial charge in [-0.2, -0.15) is 0 Å². The van der Waals surface area contributed by atoms with E-state index in [1.54, 1.807) is 52.0 Å². The number of ether oxygens (including phenoxy) is 4. The lowest BCUT2D eigenvalue weighted by Gasteiger charge is -2.26. The SMILES string of the molecule is C#CCOCCOCCOCCNC(=O)C(CC)CC(=N)N(C(C)=N)c1sc(C)c(C)c1C(=N)c1ccc(NC(=O)OC(C)(C)C)cc1. The minimum absolute atomic E-state index is 0.0938. The maximum Gasteiger partial charge on any atom is 0.412 e. The molecule has 0 aliphatic rings. The number of amides is 2. The smallest absolute Gasteiger partial charge is 0.412 e. The topological polar surface area (TPSA) is 170 Å². The van der Waals surface area contributed by atoms with Crippen LogP contribution in [-0.4, -0.2) is 81.2 Å². The molecule has 2 rings (SSSR count). The summed E-state index contributed by atoms with van der Waals surface area (Å²) in [6.45, 7) is 15.2. The molecular weight excluding hydrogens is 632 g/mol. The molecule has 1 heterocycles. The minimum atomic E-state index is -0.630. The second kappa shape index (κ2) is 19.7. The molecule has 0 aliphatic heterocycles. The van der Waals surface area contributed by atoms with Crippen LogP contribution in [0.5, 0.6) is 0 Å². The van der Waals surface area contributed by atoms with Gasteiger partial charge in [0.25, 0.3) is 0 Å². The first-order chi connectivity index (χ1) is 22.7. The molecule has 262 valence electrons. The van der Waals surface area contributed by atoms with Crippen LogP contribution in [0, 0.1) is 48.3 Å². The summed E-state index contributed by atoms with van der Waals surface area (Å²) < 4.78 is 21.4. The predicted molar refractivity (Wildman–Crippen MR) is 192 cm³/mol. The highest BCUT2D eigenvalue weighted by atomic mass is 32.1. The molecule has 2 amide bonds. The second-order valence-corrected chi connectivity index (χ2v) is 13.2. The summed E-state index contributed by atoms with van der Waals surface area (Å²) in [6, 6.07) is 6.88. The standard InChI is InChI=1S/C35H50N6O6S/c1-9-16-44-18-20-46-21-19-45-17-15-39-32(42)26(10-2)22-29(37)41(25(5)36)33-30(23(3)24(4)48-33)31(38)27-11-13-28(14-12-27)40-34(43)47-35(6,7)8/h1,11-14,26,36-38H,10,15-22H2,2-8H3,(H,39,42)(H,40,43). The third-order valence-corrected chi connectivity index (χ3v) is 8.21. The summed E-state index contributed by atoms with van der Waals surface area (Å²) in [5.74, 6) is 1.91. The molecule has 1 unspecified atom stereocenters. The van der Waals surface area contributed by atoms with E-state index >= 15 is 0 Å². The zero-order valence-electron chi connectivity index (χ0n) is 29.1. The van der Waals surface area contributed by atoms with Crippen LogP contribution in [-0.2, 0) is 23.7 Å². The summed E-state index contributed by atoms with van der Waals surface area (Å²) >= 11 is 1.41. The fourth-order valence-corrected chi connectivity index (χ4v) is 5.77. The Morgan fingerprint density at radius 2 is 1.60 bits per heavy atom. The molecule has 0 spiro atoms. The summed E-state index contributed by atoms with van der Waals surface area (Å²) in [5, 5.41) is 32.9. The van der Waals surface area contributed by atoms with Gasteiger partial charge in [-0.3, -0.25) is 31.2 Å². The van der Waals surface area contributed by atoms with Crippen molar-refractivity contribution in [3.05, 3.63) is 45.8 Å². The number of rotatable bonds is 18. The molecule has 0 fully saturated rings. The van der Waals surface area contributed by atoms with Gasteiger partial charge in [-0.1, -0.05) is 25.0 Å². The van der Waals surface area contributed by atoms with Crippen LogP contribution in [0.3, 0.4) is 0 Å². The number of anilines is 2. The first-order valence-corrected chi connectivity index (χ1v) is 16.7. The summed E-state index contributed by atoms with van der Waals surface area (Å²) in [5.41, 5.74) is 2.22. The van der Waals surface area contributed by atoms with Crippen molar-refractivity contribution in [3.63, 3.8) is 0 Å². The van der Waals surface area contributed by atoms with Gasteiger partial charge < -0.3 is 24.3 Å². The monoisotopic (exact) mass is 682 g/mol. The number of nitrogens with one attached hydrogen (secondary N) is 5. The lowest BCUT2D eigenvalue weighted by Crippen LogP contribution is -2.39. The van der Waals surface area contributed by atoms with Crippen LogP contribution in [0.1, 0.15) is 69.0 Å². The van der Waals surface area contributed by atoms with Crippen molar-refractivity contribution in [2.75, 3.05) is 56.4 Å². The Hall–Kier alpha value is -4.09. The third kappa shape index (κ3) is 12.8. The fourth-order valence-electron chi connectivity index (χ4n) is 4.53. The van der Waals surface area contributed by atoms with Crippen LogP contribution in [0.2, 0.25) is 0 Å². The highest BCUT2D eigenvalue weighted by Crippen LogP contribution is 2.38. The number of thiophene rings is 1. The number of benzene rings is 1. The number of nitrogens with zero attached hydrogens (tertiary/aromatic N) is 1. The highest BCUT2D eigenvalue weighted by molar-refractivity contribution is 7.17. The van der Waals surface area contributed by atoms with Gasteiger partial charge in [-0.05, 0) is 65.7 Å². The van der Waals surface area contributed by atoms with Gasteiger partial charge in [-0.15, -0.1) is 17.8 Å². The predicted octanol–water partition coefficient (Wildman–Crippen LogP) is 6.12. The quantitative estimate of drug-likeness (QED) is 0.0546. The number of carbonyl (C=O) groups excluding carboxylic acids is 2. The van der Waals surface area contributed by atoms with Gasteiger partial charge in [0.15, 0.2) is 0 Å². The highest BCUT2D eigenvalue weighted by Gasteiger charge is 2.28. The number of hydrogen-bond donors (Lipinski definition) is 5. The number of carbonyl (C=O) groups is 2.